The van der Waals surface area contributed by atoms with Crippen LogP contribution in [-0.2, 0) is 0 Å². The molecule has 0 aromatic heterocycles. The van der Waals surface area contributed by atoms with Gasteiger partial charge < -0.3 is 5.32 Å². The molecule has 1 atom stereocenters. The average Bonchev–Trinajstić information content (AvgIpc) is 2.19. The summed E-state index contributed by atoms with van der Waals surface area (Å²) in [5.41, 5.74) is 0.646. The lowest BCUT2D eigenvalue weighted by Gasteiger charge is -2.31. The molecule has 1 fully saturated rings. The second-order valence-electron chi connectivity index (χ2n) is 4.58. The summed E-state index contributed by atoms with van der Waals surface area (Å²) in [6.45, 7) is 2.08. The minimum Gasteiger partial charge on any atom is -0.349 e. The molecule has 1 aromatic carbocycles. The average molecular weight is 317 g/mol. The first-order valence-electron chi connectivity index (χ1n) is 5.84. The number of benzene rings is 1. The molecular formula is C13H15BrClNO. The van der Waals surface area contributed by atoms with Crippen molar-refractivity contribution in [2.75, 3.05) is 0 Å². The van der Waals surface area contributed by atoms with Crippen molar-refractivity contribution in [3.05, 3.63) is 33.3 Å². The lowest BCUT2D eigenvalue weighted by atomic mass is 9.80. The quantitative estimate of drug-likeness (QED) is 0.896. The summed E-state index contributed by atoms with van der Waals surface area (Å²) in [6, 6.07) is 5.49. The summed E-state index contributed by atoms with van der Waals surface area (Å²) in [5.74, 6) is 0.622. The summed E-state index contributed by atoms with van der Waals surface area (Å²) < 4.78 is 0.753. The molecule has 17 heavy (non-hydrogen) atoms. The molecule has 92 valence electrons. The smallest absolute Gasteiger partial charge is 0.251 e. The lowest BCUT2D eigenvalue weighted by Crippen LogP contribution is -2.40. The van der Waals surface area contributed by atoms with Crippen LogP contribution in [0.1, 0.15) is 36.5 Å². The van der Waals surface area contributed by atoms with E-state index in [1.807, 2.05) is 0 Å². The van der Waals surface area contributed by atoms with E-state index in [0.717, 1.165) is 4.47 Å². The normalized spacial score (nSPS) is 17.4. The number of nitrogens with one attached hydrogen (secondary N) is 1. The zero-order chi connectivity index (χ0) is 12.4. The topological polar surface area (TPSA) is 29.1 Å². The molecule has 1 amide bonds. The fourth-order valence-corrected chi connectivity index (χ4v) is 2.48. The van der Waals surface area contributed by atoms with Gasteiger partial charge in [0.05, 0.1) is 5.02 Å². The predicted molar refractivity (Wildman–Crippen MR) is 73.4 cm³/mol. The van der Waals surface area contributed by atoms with Gasteiger partial charge in [0.25, 0.3) is 5.91 Å². The number of hydrogen-bond acceptors (Lipinski definition) is 1. The highest BCUT2D eigenvalue weighted by Crippen LogP contribution is 2.29. The third-order valence-electron chi connectivity index (χ3n) is 3.40. The molecule has 2 nitrogen and oxygen atoms in total. The van der Waals surface area contributed by atoms with Crippen molar-refractivity contribution in [3.63, 3.8) is 0 Å². The lowest BCUT2D eigenvalue weighted by molar-refractivity contribution is 0.0909. The second kappa shape index (κ2) is 5.40. The molecule has 0 aliphatic heterocycles. The number of amides is 1. The molecule has 4 heteroatoms. The molecule has 2 rings (SSSR count). The van der Waals surface area contributed by atoms with Gasteiger partial charge in [0, 0.05) is 16.1 Å². The maximum atomic E-state index is 12.0. The van der Waals surface area contributed by atoms with Gasteiger partial charge in [-0.3, -0.25) is 4.79 Å². The Labute approximate surface area is 115 Å². The van der Waals surface area contributed by atoms with Gasteiger partial charge in [-0.2, -0.15) is 0 Å². The molecule has 1 aromatic rings. The zero-order valence-corrected chi connectivity index (χ0v) is 12.0. The van der Waals surface area contributed by atoms with Gasteiger partial charge in [0.1, 0.15) is 0 Å². The third-order valence-corrected chi connectivity index (χ3v) is 4.61. The van der Waals surface area contributed by atoms with E-state index >= 15 is 0 Å². The maximum Gasteiger partial charge on any atom is 0.251 e. The summed E-state index contributed by atoms with van der Waals surface area (Å²) in [6.07, 6.45) is 3.74. The number of halogens is 2. The number of carbonyl (C=O) groups excluding carboxylic acids is 1. The van der Waals surface area contributed by atoms with Crippen molar-refractivity contribution in [2.24, 2.45) is 5.92 Å². The molecule has 1 saturated carbocycles. The Kier molecular flexibility index (Phi) is 4.10. The van der Waals surface area contributed by atoms with E-state index in [9.17, 15) is 4.79 Å². The Bertz CT molecular complexity index is 431. The molecule has 1 aliphatic rings. The van der Waals surface area contributed by atoms with Crippen LogP contribution in [0.3, 0.4) is 0 Å². The van der Waals surface area contributed by atoms with Crippen LogP contribution in [0.15, 0.2) is 22.7 Å². The van der Waals surface area contributed by atoms with Crippen molar-refractivity contribution in [2.45, 2.75) is 32.2 Å². The predicted octanol–water partition coefficient (Wildman–Crippen LogP) is 4.02. The van der Waals surface area contributed by atoms with Gasteiger partial charge in [-0.05, 0) is 59.8 Å². The van der Waals surface area contributed by atoms with Crippen molar-refractivity contribution in [1.82, 2.24) is 5.32 Å². The van der Waals surface area contributed by atoms with Crippen LogP contribution < -0.4 is 5.32 Å². The van der Waals surface area contributed by atoms with Crippen molar-refractivity contribution >= 4 is 33.4 Å². The minimum atomic E-state index is -0.0261. The molecular weight excluding hydrogens is 302 g/mol. The third kappa shape index (κ3) is 3.02. The summed E-state index contributed by atoms with van der Waals surface area (Å²) >= 11 is 9.22. The standard InChI is InChI=1S/C13H15BrClNO/c1-8(9-3-2-4-9)16-13(17)10-5-6-12(15)11(14)7-10/h5-9H,2-4H2,1H3,(H,16,17). The first-order chi connectivity index (χ1) is 8.08. The zero-order valence-electron chi connectivity index (χ0n) is 9.67. The SMILES string of the molecule is CC(NC(=O)c1ccc(Cl)c(Br)c1)C1CCC1. The van der Waals surface area contributed by atoms with Gasteiger partial charge in [-0.1, -0.05) is 18.0 Å². The molecule has 1 aliphatic carbocycles. The molecule has 0 heterocycles. The fraction of sp³-hybridized carbons (Fsp3) is 0.462. The fourth-order valence-electron chi connectivity index (χ4n) is 1.99. The van der Waals surface area contributed by atoms with Crippen LogP contribution in [-0.4, -0.2) is 11.9 Å². The summed E-state index contributed by atoms with van der Waals surface area (Å²) in [5, 5.41) is 3.66. The van der Waals surface area contributed by atoms with Gasteiger partial charge in [0.15, 0.2) is 0 Å². The van der Waals surface area contributed by atoms with Gasteiger partial charge in [0.2, 0.25) is 0 Å². The van der Waals surface area contributed by atoms with E-state index in [1.54, 1.807) is 18.2 Å². The van der Waals surface area contributed by atoms with Crippen molar-refractivity contribution < 1.29 is 4.79 Å². The van der Waals surface area contributed by atoms with E-state index < -0.39 is 0 Å². The molecule has 0 spiro atoms. The first kappa shape index (κ1) is 12.9. The Morgan fingerprint density at radius 1 is 1.53 bits per heavy atom. The highest BCUT2D eigenvalue weighted by atomic mass is 79.9. The van der Waals surface area contributed by atoms with E-state index in [4.69, 9.17) is 11.6 Å². The van der Waals surface area contributed by atoms with Gasteiger partial charge in [-0.15, -0.1) is 0 Å². The van der Waals surface area contributed by atoms with Crippen molar-refractivity contribution in [1.29, 1.82) is 0 Å². The van der Waals surface area contributed by atoms with E-state index in [-0.39, 0.29) is 11.9 Å². The van der Waals surface area contributed by atoms with Crippen molar-refractivity contribution in [3.8, 4) is 0 Å². The summed E-state index contributed by atoms with van der Waals surface area (Å²) in [7, 11) is 0. The molecule has 1 unspecified atom stereocenters. The highest BCUT2D eigenvalue weighted by molar-refractivity contribution is 9.10. The molecule has 0 saturated heterocycles. The summed E-state index contributed by atoms with van der Waals surface area (Å²) in [4.78, 5) is 12.0. The molecule has 0 radical (unpaired) electrons. The Morgan fingerprint density at radius 3 is 2.76 bits per heavy atom. The van der Waals surface area contributed by atoms with Gasteiger partial charge >= 0.3 is 0 Å². The number of rotatable bonds is 3. The first-order valence-corrected chi connectivity index (χ1v) is 7.01. The maximum absolute atomic E-state index is 12.0. The number of carbonyl (C=O) groups is 1. The van der Waals surface area contributed by atoms with Gasteiger partial charge in [-0.25, -0.2) is 0 Å². The largest absolute Gasteiger partial charge is 0.349 e. The number of hydrogen-bond donors (Lipinski definition) is 1. The Hall–Kier alpha value is -0.540. The minimum absolute atomic E-state index is 0.0261. The van der Waals surface area contributed by atoms with Crippen LogP contribution in [0.4, 0.5) is 0 Å². The van der Waals surface area contributed by atoms with E-state index in [2.05, 4.69) is 28.2 Å². The second-order valence-corrected chi connectivity index (χ2v) is 5.84. The van der Waals surface area contributed by atoms with Crippen LogP contribution in [0.5, 0.6) is 0 Å². The highest BCUT2D eigenvalue weighted by Gasteiger charge is 2.25. The van der Waals surface area contributed by atoms with E-state index in [0.29, 0.717) is 16.5 Å². The van der Waals surface area contributed by atoms with Crippen LogP contribution >= 0.6 is 27.5 Å². The monoisotopic (exact) mass is 315 g/mol. The van der Waals surface area contributed by atoms with Crippen LogP contribution in [0.25, 0.3) is 0 Å². The van der Waals surface area contributed by atoms with E-state index in [1.165, 1.54) is 19.3 Å². The molecule has 1 N–H and O–H groups in total. The molecule has 0 bridgehead atoms. The van der Waals surface area contributed by atoms with Crippen LogP contribution in [0, 0.1) is 5.92 Å². The Balaban J connectivity index is 2.01. The Morgan fingerprint density at radius 2 is 2.24 bits per heavy atom. The van der Waals surface area contributed by atoms with Crippen LogP contribution in [0.2, 0.25) is 5.02 Å².